The summed E-state index contributed by atoms with van der Waals surface area (Å²) in [5.41, 5.74) is 3.05. The molecule has 1 aliphatic carbocycles. The molecule has 34 heavy (non-hydrogen) atoms. The summed E-state index contributed by atoms with van der Waals surface area (Å²) in [5, 5.41) is 17.1. The standard InChI is InChI=1S/C23H22N6O4S/c1-31-22(30)21-9-10-28(27-21)15-34-23-26-24-14-29(23)25-12-19-7-8-20(33-19)13-32-18-6-5-16-3-2-4-17(16)11-18/h5-12,14H,2-4,13,15H2,1H3/b25-12-. The first kappa shape index (κ1) is 22.0. The lowest BCUT2D eigenvalue weighted by molar-refractivity contribution is 0.0593. The van der Waals surface area contributed by atoms with Crippen LogP contribution in [0.4, 0.5) is 0 Å². The van der Waals surface area contributed by atoms with E-state index in [1.54, 1.807) is 27.8 Å². The van der Waals surface area contributed by atoms with Gasteiger partial charge in [0.15, 0.2) is 5.69 Å². The van der Waals surface area contributed by atoms with Crippen molar-refractivity contribution in [2.75, 3.05) is 7.11 Å². The van der Waals surface area contributed by atoms with Crippen LogP contribution in [0, 0.1) is 0 Å². The van der Waals surface area contributed by atoms with Gasteiger partial charge in [0.2, 0.25) is 5.16 Å². The Bertz CT molecular complexity index is 1320. The van der Waals surface area contributed by atoms with Crippen LogP contribution in [0.15, 0.2) is 63.6 Å². The third-order valence-electron chi connectivity index (χ3n) is 5.30. The van der Waals surface area contributed by atoms with Gasteiger partial charge in [-0.3, -0.25) is 4.68 Å². The Kier molecular flexibility index (Phi) is 6.43. The van der Waals surface area contributed by atoms with Crippen LogP contribution in [0.2, 0.25) is 0 Å². The molecule has 3 heterocycles. The number of hydrogen-bond donors (Lipinski definition) is 0. The molecular weight excluding hydrogens is 456 g/mol. The van der Waals surface area contributed by atoms with Crippen LogP contribution in [0.25, 0.3) is 0 Å². The number of carbonyl (C=O) groups excluding carboxylic acids is 1. The van der Waals surface area contributed by atoms with Crippen molar-refractivity contribution in [2.24, 2.45) is 5.10 Å². The maximum Gasteiger partial charge on any atom is 0.358 e. The lowest BCUT2D eigenvalue weighted by atomic mass is 10.1. The van der Waals surface area contributed by atoms with Crippen molar-refractivity contribution in [3.8, 4) is 5.75 Å². The van der Waals surface area contributed by atoms with Crippen LogP contribution >= 0.6 is 11.8 Å². The highest BCUT2D eigenvalue weighted by atomic mass is 32.2. The smallest absolute Gasteiger partial charge is 0.358 e. The van der Waals surface area contributed by atoms with Crippen molar-refractivity contribution in [2.45, 2.75) is 36.9 Å². The van der Waals surface area contributed by atoms with Crippen LogP contribution in [-0.2, 0) is 30.1 Å². The summed E-state index contributed by atoms with van der Waals surface area (Å²) in [6.07, 6.45) is 8.28. The predicted molar refractivity (Wildman–Crippen MR) is 124 cm³/mol. The largest absolute Gasteiger partial charge is 0.486 e. The summed E-state index contributed by atoms with van der Waals surface area (Å²) in [4.78, 5) is 11.5. The number of carbonyl (C=O) groups is 1. The Hall–Kier alpha value is -3.86. The first-order valence-electron chi connectivity index (χ1n) is 10.7. The molecule has 11 heteroatoms. The number of benzene rings is 1. The van der Waals surface area contributed by atoms with Gasteiger partial charge in [0.05, 0.1) is 19.2 Å². The fraction of sp³-hybridized carbons (Fsp3) is 0.261. The number of furan rings is 1. The number of rotatable bonds is 9. The first-order chi connectivity index (χ1) is 16.7. The molecule has 0 unspecified atom stereocenters. The molecule has 0 aliphatic heterocycles. The molecule has 0 radical (unpaired) electrons. The van der Waals surface area contributed by atoms with E-state index in [9.17, 15) is 4.79 Å². The number of esters is 1. The van der Waals surface area contributed by atoms with Crippen LogP contribution in [0.3, 0.4) is 0 Å². The average Bonchev–Trinajstić information content (AvgIpc) is 3.66. The zero-order chi connectivity index (χ0) is 23.3. The molecule has 0 saturated heterocycles. The molecule has 0 spiro atoms. The van der Waals surface area contributed by atoms with E-state index in [1.807, 2.05) is 18.2 Å². The van der Waals surface area contributed by atoms with E-state index < -0.39 is 5.97 Å². The summed E-state index contributed by atoms with van der Waals surface area (Å²) < 4.78 is 19.5. The molecule has 0 atom stereocenters. The van der Waals surface area contributed by atoms with Crippen molar-refractivity contribution in [1.82, 2.24) is 24.7 Å². The number of ether oxygens (including phenoxy) is 2. The first-order valence-corrected chi connectivity index (χ1v) is 11.7. The van der Waals surface area contributed by atoms with Gasteiger partial charge >= 0.3 is 5.97 Å². The molecule has 5 rings (SSSR count). The molecule has 0 saturated carbocycles. The van der Waals surface area contributed by atoms with Crippen LogP contribution in [0.1, 0.15) is 39.6 Å². The van der Waals surface area contributed by atoms with Gasteiger partial charge in [-0.15, -0.1) is 10.2 Å². The maximum absolute atomic E-state index is 11.5. The number of nitrogens with zero attached hydrogens (tertiary/aromatic N) is 6. The Labute approximate surface area is 199 Å². The van der Waals surface area contributed by atoms with E-state index >= 15 is 0 Å². The molecule has 0 amide bonds. The minimum Gasteiger partial charge on any atom is -0.486 e. The molecule has 3 aromatic heterocycles. The third-order valence-corrected chi connectivity index (χ3v) is 6.22. The molecule has 0 fully saturated rings. The van der Waals surface area contributed by atoms with E-state index in [0.717, 1.165) is 18.6 Å². The quantitative estimate of drug-likeness (QED) is 0.204. The van der Waals surface area contributed by atoms with Crippen molar-refractivity contribution < 1.29 is 18.7 Å². The highest BCUT2D eigenvalue weighted by molar-refractivity contribution is 7.98. The van der Waals surface area contributed by atoms with E-state index in [-0.39, 0.29) is 5.69 Å². The Morgan fingerprint density at radius 1 is 1.24 bits per heavy atom. The van der Waals surface area contributed by atoms with E-state index in [4.69, 9.17) is 9.15 Å². The number of aryl methyl sites for hydroxylation is 2. The van der Waals surface area contributed by atoms with Gasteiger partial charge in [-0.2, -0.15) is 14.9 Å². The lowest BCUT2D eigenvalue weighted by Gasteiger charge is -2.06. The maximum atomic E-state index is 11.5. The molecule has 174 valence electrons. The molecule has 0 bridgehead atoms. The normalized spacial score (nSPS) is 12.9. The summed E-state index contributed by atoms with van der Waals surface area (Å²) >= 11 is 1.37. The van der Waals surface area contributed by atoms with Gasteiger partial charge in [-0.25, -0.2) is 4.79 Å². The topological polar surface area (TPSA) is 110 Å². The SMILES string of the molecule is COC(=O)c1ccn(CSc2nncn2/N=C\c2ccc(COc3ccc4c(c3)CCC4)o2)n1. The second-order valence-electron chi connectivity index (χ2n) is 7.58. The second-order valence-corrected chi connectivity index (χ2v) is 8.50. The minimum atomic E-state index is -0.480. The molecule has 0 N–H and O–H groups in total. The molecular formula is C23H22N6O4S. The number of hydrogen-bond acceptors (Lipinski definition) is 9. The summed E-state index contributed by atoms with van der Waals surface area (Å²) in [6.45, 7) is 0.345. The lowest BCUT2D eigenvalue weighted by Crippen LogP contribution is -2.04. The fourth-order valence-electron chi connectivity index (χ4n) is 3.62. The summed E-state index contributed by atoms with van der Waals surface area (Å²) in [6, 6.07) is 11.6. The van der Waals surface area contributed by atoms with Crippen LogP contribution in [-0.4, -0.2) is 43.9 Å². The Morgan fingerprint density at radius 3 is 3.06 bits per heavy atom. The van der Waals surface area contributed by atoms with Gasteiger partial charge in [0.1, 0.15) is 30.2 Å². The summed E-state index contributed by atoms with van der Waals surface area (Å²) in [5.74, 6) is 2.10. The van der Waals surface area contributed by atoms with Gasteiger partial charge in [0.25, 0.3) is 0 Å². The molecule has 4 aromatic rings. The van der Waals surface area contributed by atoms with Gasteiger partial charge in [0, 0.05) is 6.20 Å². The molecule has 1 aliphatic rings. The van der Waals surface area contributed by atoms with E-state index in [0.29, 0.717) is 29.2 Å². The highest BCUT2D eigenvalue weighted by Gasteiger charge is 2.12. The zero-order valence-electron chi connectivity index (χ0n) is 18.5. The van der Waals surface area contributed by atoms with E-state index in [2.05, 4.69) is 37.3 Å². The second kappa shape index (κ2) is 9.96. The Balaban J connectivity index is 1.16. The molecule has 10 nitrogen and oxygen atoms in total. The number of aromatic nitrogens is 5. The van der Waals surface area contributed by atoms with E-state index in [1.165, 1.54) is 42.7 Å². The number of methoxy groups -OCH3 is 1. The van der Waals surface area contributed by atoms with Gasteiger partial charge in [-0.1, -0.05) is 17.8 Å². The highest BCUT2D eigenvalue weighted by Crippen LogP contribution is 2.26. The average molecular weight is 479 g/mol. The van der Waals surface area contributed by atoms with Gasteiger partial charge in [-0.05, 0) is 60.7 Å². The zero-order valence-corrected chi connectivity index (χ0v) is 19.3. The third kappa shape index (κ3) is 5.04. The minimum absolute atomic E-state index is 0.247. The molecule has 1 aromatic carbocycles. The van der Waals surface area contributed by atoms with Crippen LogP contribution < -0.4 is 4.74 Å². The van der Waals surface area contributed by atoms with Crippen molar-refractivity contribution in [3.05, 3.63) is 77.3 Å². The predicted octanol–water partition coefficient (Wildman–Crippen LogP) is 3.55. The number of thioether (sulfide) groups is 1. The van der Waals surface area contributed by atoms with Crippen LogP contribution in [0.5, 0.6) is 5.75 Å². The van der Waals surface area contributed by atoms with Crippen molar-refractivity contribution in [3.63, 3.8) is 0 Å². The fourth-order valence-corrected chi connectivity index (χ4v) is 4.34. The number of fused-ring (bicyclic) bond motifs is 1. The van der Waals surface area contributed by atoms with Gasteiger partial charge < -0.3 is 13.9 Å². The monoisotopic (exact) mass is 478 g/mol. The van der Waals surface area contributed by atoms with Crippen molar-refractivity contribution in [1.29, 1.82) is 0 Å². The van der Waals surface area contributed by atoms with Crippen molar-refractivity contribution >= 4 is 23.9 Å². The summed E-state index contributed by atoms with van der Waals surface area (Å²) in [7, 11) is 1.32. The Morgan fingerprint density at radius 2 is 2.15 bits per heavy atom.